The number of piperidine rings is 2. The highest BCUT2D eigenvalue weighted by molar-refractivity contribution is 6.75. The van der Waals surface area contributed by atoms with E-state index in [9.17, 15) is 25.0 Å². The van der Waals surface area contributed by atoms with Crippen LogP contribution in [0.2, 0.25) is 0 Å². The summed E-state index contributed by atoms with van der Waals surface area (Å²) in [6, 6.07) is 10.3. The molecule has 0 spiro atoms. The third kappa shape index (κ3) is 10.2. The summed E-state index contributed by atoms with van der Waals surface area (Å²) in [6.45, 7) is 9.88. The maximum absolute atomic E-state index is 12.6. The number of benzene rings is 2. The van der Waals surface area contributed by atoms with Crippen molar-refractivity contribution in [3.8, 4) is 0 Å². The first-order chi connectivity index (χ1) is 22.9. The minimum absolute atomic E-state index is 0. The molecule has 47 heavy (non-hydrogen) atoms. The van der Waals surface area contributed by atoms with Gasteiger partial charge in [-0.25, -0.2) is 0 Å². The standard InChI is InChI=1S/C16H21N3O4.C16H23N3O3.B2.H2/c20-16(18-8-10-23-11-9-18)13-4-5-14(19(21)22)15(12-13)17-6-2-1-3-7-17;20-19(21)15-5-4-14(13-17-8-10-22-11-9-17)12-16(15)18-6-2-1-3-7-18;1-2;/h4-5,12H,1-3,6-11H2;4-5,12H,1-3,6-11,13H2;;1H. The van der Waals surface area contributed by atoms with E-state index in [4.69, 9.17) is 9.47 Å². The number of carbonyl (C=O) groups excluding carboxylic acids is 1. The molecule has 4 radical (unpaired) electrons. The number of hydrogen-bond donors (Lipinski definition) is 0. The molecule has 4 saturated heterocycles. The second-order valence-corrected chi connectivity index (χ2v) is 11.9. The van der Waals surface area contributed by atoms with Crippen molar-refractivity contribution in [2.45, 2.75) is 45.1 Å². The molecule has 0 aliphatic carbocycles. The monoisotopic (exact) mass is 648 g/mol. The topological polar surface area (TPSA) is 135 Å². The van der Waals surface area contributed by atoms with Gasteiger partial charge < -0.3 is 24.2 Å². The summed E-state index contributed by atoms with van der Waals surface area (Å²) >= 11 is 0. The van der Waals surface area contributed by atoms with Crippen molar-refractivity contribution < 1.29 is 25.5 Å². The van der Waals surface area contributed by atoms with Crippen LogP contribution in [0.1, 0.15) is 55.9 Å². The van der Waals surface area contributed by atoms with Crippen molar-refractivity contribution in [1.29, 1.82) is 0 Å². The van der Waals surface area contributed by atoms with Gasteiger partial charge in [0.25, 0.3) is 17.3 Å². The predicted octanol–water partition coefficient (Wildman–Crippen LogP) is 3.96. The molecule has 2 aromatic carbocycles. The number of nitro benzene ring substituents is 2. The molecule has 4 fully saturated rings. The van der Waals surface area contributed by atoms with E-state index in [-0.39, 0.29) is 28.6 Å². The number of ether oxygens (including phenoxy) is 2. The fourth-order valence-electron chi connectivity index (χ4n) is 6.38. The first kappa shape index (κ1) is 36.2. The lowest BCUT2D eigenvalue weighted by Gasteiger charge is -2.30. The van der Waals surface area contributed by atoms with E-state index in [2.05, 4.69) is 25.3 Å². The van der Waals surface area contributed by atoms with Gasteiger partial charge in [0, 0.05) is 93.5 Å². The van der Waals surface area contributed by atoms with Gasteiger partial charge >= 0.3 is 0 Å². The molecule has 15 heteroatoms. The zero-order valence-electron chi connectivity index (χ0n) is 27.1. The number of nitro groups is 2. The summed E-state index contributed by atoms with van der Waals surface area (Å²) < 4.78 is 10.6. The molecule has 0 aromatic heterocycles. The highest BCUT2D eigenvalue weighted by atomic mass is 16.6. The molecule has 0 N–H and O–H groups in total. The molecule has 4 aliphatic rings. The summed E-state index contributed by atoms with van der Waals surface area (Å²) in [5, 5.41) is 22.6. The van der Waals surface area contributed by atoms with Crippen LogP contribution in [0.5, 0.6) is 0 Å². The number of nitrogens with zero attached hydrogens (tertiary/aromatic N) is 6. The van der Waals surface area contributed by atoms with E-state index in [1.165, 1.54) is 12.5 Å². The molecule has 0 atom stereocenters. The number of anilines is 2. The lowest BCUT2D eigenvalue weighted by Crippen LogP contribution is -2.40. The Kier molecular flexibility index (Phi) is 14.3. The second kappa shape index (κ2) is 18.6. The maximum Gasteiger partial charge on any atom is 0.292 e. The van der Waals surface area contributed by atoms with E-state index in [1.54, 1.807) is 23.1 Å². The van der Waals surface area contributed by atoms with Crippen LogP contribution in [0, 0.1) is 20.2 Å². The van der Waals surface area contributed by atoms with Crippen LogP contribution in [0.15, 0.2) is 36.4 Å². The SMILES string of the molecule is O=C(c1ccc([N+](=O)[O-])c(N2CCCCC2)c1)N1CCOCC1.O=[N+]([O-])c1ccc(CN2CCOCC2)cc1N1CCCCC1.[B][B].[HH]. The lowest BCUT2D eigenvalue weighted by atomic mass is 9.81. The Labute approximate surface area is 280 Å². The van der Waals surface area contributed by atoms with Crippen LogP contribution >= 0.6 is 0 Å². The van der Waals surface area contributed by atoms with Gasteiger partial charge in [0.2, 0.25) is 0 Å². The summed E-state index contributed by atoms with van der Waals surface area (Å²) in [7, 11) is 8.00. The quantitative estimate of drug-likeness (QED) is 0.247. The number of hydrogen-bond acceptors (Lipinski definition) is 10. The highest BCUT2D eigenvalue weighted by Crippen LogP contribution is 2.33. The number of amides is 1. The molecule has 252 valence electrons. The zero-order chi connectivity index (χ0) is 33.6. The Balaban J connectivity index is 0.000000243. The van der Waals surface area contributed by atoms with Gasteiger partial charge in [-0.15, -0.1) is 0 Å². The first-order valence-corrected chi connectivity index (χ1v) is 16.5. The summed E-state index contributed by atoms with van der Waals surface area (Å²) in [4.78, 5) is 42.9. The third-order valence-corrected chi connectivity index (χ3v) is 8.86. The Morgan fingerprint density at radius 3 is 1.66 bits per heavy atom. The van der Waals surface area contributed by atoms with Gasteiger partial charge in [0.15, 0.2) is 0 Å². The van der Waals surface area contributed by atoms with Crippen LogP contribution in [-0.2, 0) is 16.0 Å². The molecule has 13 nitrogen and oxygen atoms in total. The van der Waals surface area contributed by atoms with Crippen molar-refractivity contribution in [2.24, 2.45) is 0 Å². The molecule has 4 aliphatic heterocycles. The number of morpholine rings is 2. The average molecular weight is 648 g/mol. The fourth-order valence-corrected chi connectivity index (χ4v) is 6.38. The summed E-state index contributed by atoms with van der Waals surface area (Å²) in [5.74, 6) is -0.0820. The van der Waals surface area contributed by atoms with Crippen molar-refractivity contribution in [2.75, 3.05) is 88.6 Å². The molecular formula is C32H46B2N6O7. The number of rotatable bonds is 7. The van der Waals surface area contributed by atoms with Crippen LogP contribution < -0.4 is 9.80 Å². The zero-order valence-corrected chi connectivity index (χ0v) is 27.1. The lowest BCUT2D eigenvalue weighted by molar-refractivity contribution is -0.384. The van der Waals surface area contributed by atoms with Gasteiger partial charge in [0.1, 0.15) is 11.4 Å². The highest BCUT2D eigenvalue weighted by Gasteiger charge is 2.26. The normalized spacial score (nSPS) is 18.7. The Morgan fingerprint density at radius 2 is 1.15 bits per heavy atom. The average Bonchev–Trinajstić information content (AvgIpc) is 3.13. The molecule has 0 saturated carbocycles. The van der Waals surface area contributed by atoms with E-state index < -0.39 is 0 Å². The van der Waals surface area contributed by atoms with Crippen LogP contribution in [0.4, 0.5) is 22.7 Å². The van der Waals surface area contributed by atoms with Crippen LogP contribution in [0.3, 0.4) is 0 Å². The Hall–Kier alpha value is -3.68. The molecule has 2 aromatic rings. The fraction of sp³-hybridized carbons (Fsp3) is 0.594. The third-order valence-electron chi connectivity index (χ3n) is 8.86. The van der Waals surface area contributed by atoms with Crippen molar-refractivity contribution in [3.05, 3.63) is 67.8 Å². The maximum atomic E-state index is 12.6. The van der Waals surface area contributed by atoms with Crippen LogP contribution in [0.25, 0.3) is 0 Å². The first-order valence-electron chi connectivity index (χ1n) is 16.5. The summed E-state index contributed by atoms with van der Waals surface area (Å²) in [5.41, 5.74) is 3.31. The predicted molar refractivity (Wildman–Crippen MR) is 185 cm³/mol. The van der Waals surface area contributed by atoms with E-state index in [1.807, 2.05) is 17.0 Å². The Bertz CT molecular complexity index is 1340. The molecule has 0 unspecified atom stereocenters. The second-order valence-electron chi connectivity index (χ2n) is 11.9. The van der Waals surface area contributed by atoms with Crippen LogP contribution in [-0.4, -0.2) is 120 Å². The molecular weight excluding hydrogens is 602 g/mol. The minimum atomic E-state index is -0.368. The van der Waals surface area contributed by atoms with E-state index >= 15 is 0 Å². The van der Waals surface area contributed by atoms with Gasteiger partial charge in [0.05, 0.1) is 36.3 Å². The van der Waals surface area contributed by atoms with E-state index in [0.717, 1.165) is 102 Å². The van der Waals surface area contributed by atoms with Gasteiger partial charge in [-0.2, -0.15) is 0 Å². The molecule has 1 amide bonds. The van der Waals surface area contributed by atoms with E-state index in [0.29, 0.717) is 37.6 Å². The number of carbonyl (C=O) groups is 1. The van der Waals surface area contributed by atoms with Crippen molar-refractivity contribution >= 4 is 44.1 Å². The minimum Gasteiger partial charge on any atom is -0.379 e. The molecule has 6 rings (SSSR count). The molecule has 4 heterocycles. The van der Waals surface area contributed by atoms with Gasteiger partial charge in [-0.05, 0) is 62.3 Å². The molecule has 0 bridgehead atoms. The smallest absolute Gasteiger partial charge is 0.292 e. The largest absolute Gasteiger partial charge is 0.379 e. The van der Waals surface area contributed by atoms with Gasteiger partial charge in [-0.3, -0.25) is 29.9 Å². The van der Waals surface area contributed by atoms with Crippen molar-refractivity contribution in [1.82, 2.24) is 9.80 Å². The van der Waals surface area contributed by atoms with Gasteiger partial charge in [-0.1, -0.05) is 6.07 Å². The summed E-state index contributed by atoms with van der Waals surface area (Å²) in [6.07, 6.45) is 6.65. The Morgan fingerprint density at radius 1 is 0.681 bits per heavy atom. The van der Waals surface area contributed by atoms with Crippen molar-refractivity contribution in [3.63, 3.8) is 0 Å².